The van der Waals surface area contributed by atoms with Crippen LogP contribution in [0.3, 0.4) is 0 Å². The first kappa shape index (κ1) is 13.9. The first-order valence-electron chi connectivity index (χ1n) is 5.82. The zero-order valence-corrected chi connectivity index (χ0v) is 13.2. The van der Waals surface area contributed by atoms with Gasteiger partial charge in [-0.3, -0.25) is 0 Å². The van der Waals surface area contributed by atoms with E-state index in [2.05, 4.69) is 22.9 Å². The number of benzene rings is 1. The maximum atomic E-state index is 6.51. The first-order valence-corrected chi connectivity index (χ1v) is 7.93. The molecule has 96 valence electrons. The van der Waals surface area contributed by atoms with Crippen molar-refractivity contribution in [3.63, 3.8) is 0 Å². The second-order valence-corrected chi connectivity index (χ2v) is 6.15. The topological polar surface area (TPSA) is 9.23 Å². The van der Waals surface area contributed by atoms with Crippen molar-refractivity contribution in [2.45, 2.75) is 18.7 Å². The van der Waals surface area contributed by atoms with Crippen molar-refractivity contribution in [1.29, 1.82) is 0 Å². The second-order valence-electron chi connectivity index (χ2n) is 3.92. The summed E-state index contributed by atoms with van der Waals surface area (Å²) in [6.45, 7) is 2.83. The maximum Gasteiger partial charge on any atom is 0.119 e. The lowest BCUT2D eigenvalue weighted by atomic mass is 10.1. The smallest absolute Gasteiger partial charge is 0.119 e. The molecule has 1 aromatic carbocycles. The van der Waals surface area contributed by atoms with E-state index in [1.165, 1.54) is 0 Å². The Bertz CT molecular complexity index is 512. The van der Waals surface area contributed by atoms with Crippen molar-refractivity contribution in [3.8, 4) is 5.75 Å². The fraction of sp³-hybridized carbons (Fsp3) is 0.286. The largest absolute Gasteiger partial charge is 0.494 e. The van der Waals surface area contributed by atoms with Crippen LogP contribution in [0, 0.1) is 0 Å². The van der Waals surface area contributed by atoms with Crippen LogP contribution in [0.1, 0.15) is 29.2 Å². The Balaban J connectivity index is 2.20. The lowest BCUT2D eigenvalue weighted by Crippen LogP contribution is -1.97. The van der Waals surface area contributed by atoms with Gasteiger partial charge >= 0.3 is 0 Å². The van der Waals surface area contributed by atoms with E-state index >= 15 is 0 Å². The highest BCUT2D eigenvalue weighted by molar-refractivity contribution is 9.10. The van der Waals surface area contributed by atoms with E-state index in [0.29, 0.717) is 0 Å². The second kappa shape index (κ2) is 6.60. The summed E-state index contributed by atoms with van der Waals surface area (Å²) in [6, 6.07) is 10.0. The summed E-state index contributed by atoms with van der Waals surface area (Å²) in [5.74, 6) is 0.882. The number of thiophene rings is 1. The minimum Gasteiger partial charge on any atom is -0.494 e. The highest BCUT2D eigenvalue weighted by Crippen LogP contribution is 2.38. The van der Waals surface area contributed by atoms with E-state index in [1.807, 2.05) is 35.7 Å². The molecule has 0 bridgehead atoms. The molecule has 0 amide bonds. The molecule has 1 unspecified atom stereocenters. The molecule has 4 heteroatoms. The lowest BCUT2D eigenvalue weighted by Gasteiger charge is -2.11. The molecule has 1 nitrogen and oxygen atoms in total. The van der Waals surface area contributed by atoms with Gasteiger partial charge in [-0.05, 0) is 51.5 Å². The van der Waals surface area contributed by atoms with Gasteiger partial charge in [0.1, 0.15) is 5.75 Å². The van der Waals surface area contributed by atoms with Crippen molar-refractivity contribution < 1.29 is 4.74 Å². The highest BCUT2D eigenvalue weighted by atomic mass is 79.9. The molecular formula is C14H14BrClOS. The highest BCUT2D eigenvalue weighted by Gasteiger charge is 2.15. The normalized spacial score (nSPS) is 12.4. The quantitative estimate of drug-likeness (QED) is 0.638. The van der Waals surface area contributed by atoms with E-state index in [0.717, 1.165) is 33.7 Å². The Morgan fingerprint density at radius 3 is 2.89 bits per heavy atom. The van der Waals surface area contributed by atoms with Crippen LogP contribution in [0.5, 0.6) is 5.75 Å². The zero-order valence-electron chi connectivity index (χ0n) is 10.0. The fourth-order valence-electron chi connectivity index (χ4n) is 1.62. The number of hydrogen-bond acceptors (Lipinski definition) is 2. The molecule has 0 saturated heterocycles. The van der Waals surface area contributed by atoms with Crippen LogP contribution in [-0.4, -0.2) is 6.61 Å². The average molecular weight is 346 g/mol. The van der Waals surface area contributed by atoms with Crippen LogP contribution in [0.15, 0.2) is 40.2 Å². The molecule has 0 spiro atoms. The molecule has 0 aliphatic carbocycles. The Hall–Kier alpha value is -0.510. The van der Waals surface area contributed by atoms with Gasteiger partial charge in [-0.1, -0.05) is 19.1 Å². The summed E-state index contributed by atoms with van der Waals surface area (Å²) in [6.07, 6.45) is 1.00. The first-order chi connectivity index (χ1) is 8.72. The summed E-state index contributed by atoms with van der Waals surface area (Å²) in [5.41, 5.74) is 1.06. The number of alkyl halides is 1. The number of hydrogen-bond donors (Lipinski definition) is 0. The van der Waals surface area contributed by atoms with Crippen molar-refractivity contribution in [2.75, 3.05) is 6.61 Å². The van der Waals surface area contributed by atoms with E-state index in [1.54, 1.807) is 11.3 Å². The van der Waals surface area contributed by atoms with Crippen molar-refractivity contribution >= 4 is 38.9 Å². The summed E-state index contributed by atoms with van der Waals surface area (Å²) in [7, 11) is 0. The molecular weight excluding hydrogens is 332 g/mol. The minimum atomic E-state index is -0.135. The Kier molecular flexibility index (Phi) is 5.10. The van der Waals surface area contributed by atoms with Crippen molar-refractivity contribution in [2.24, 2.45) is 0 Å². The van der Waals surface area contributed by atoms with Crippen molar-refractivity contribution in [3.05, 3.63) is 50.6 Å². The third kappa shape index (κ3) is 3.28. The fourth-order valence-corrected chi connectivity index (χ4v) is 3.76. The van der Waals surface area contributed by atoms with Gasteiger partial charge in [0.2, 0.25) is 0 Å². The standard InChI is InChI=1S/C14H14BrClOS/c1-2-7-17-11-5-3-4-10(9-11)13(16)14-12(15)6-8-18-14/h3-6,8-9,13H,2,7H2,1H3. The number of ether oxygens (including phenoxy) is 1. The molecule has 0 fully saturated rings. The van der Waals surface area contributed by atoms with E-state index in [9.17, 15) is 0 Å². The van der Waals surface area contributed by atoms with Crippen LogP contribution in [0.2, 0.25) is 0 Å². The van der Waals surface area contributed by atoms with Gasteiger partial charge in [-0.2, -0.15) is 0 Å². The Labute approximate surface area is 125 Å². The molecule has 0 N–H and O–H groups in total. The maximum absolute atomic E-state index is 6.51. The van der Waals surface area contributed by atoms with Gasteiger partial charge in [-0.15, -0.1) is 22.9 Å². The number of rotatable bonds is 5. The summed E-state index contributed by atoms with van der Waals surface area (Å²) >= 11 is 11.7. The molecule has 0 aliphatic heterocycles. The Morgan fingerprint density at radius 2 is 2.22 bits per heavy atom. The van der Waals surface area contributed by atoms with Crippen LogP contribution in [0.25, 0.3) is 0 Å². The third-order valence-electron chi connectivity index (χ3n) is 2.50. The van der Waals surface area contributed by atoms with Gasteiger partial charge in [-0.25, -0.2) is 0 Å². The van der Waals surface area contributed by atoms with Crippen LogP contribution < -0.4 is 4.74 Å². The molecule has 2 aromatic rings. The van der Waals surface area contributed by atoms with Gasteiger partial charge in [0.05, 0.1) is 12.0 Å². The molecule has 1 atom stereocenters. The summed E-state index contributed by atoms with van der Waals surface area (Å²) in [5, 5.41) is 1.90. The van der Waals surface area contributed by atoms with Gasteiger partial charge in [0, 0.05) is 9.35 Å². The number of halogens is 2. The average Bonchev–Trinajstić information content (AvgIpc) is 2.82. The van der Waals surface area contributed by atoms with Crippen LogP contribution in [-0.2, 0) is 0 Å². The molecule has 18 heavy (non-hydrogen) atoms. The summed E-state index contributed by atoms with van der Waals surface area (Å²) in [4.78, 5) is 1.13. The monoisotopic (exact) mass is 344 g/mol. The summed E-state index contributed by atoms with van der Waals surface area (Å²) < 4.78 is 6.69. The zero-order chi connectivity index (χ0) is 13.0. The molecule has 0 radical (unpaired) electrons. The van der Waals surface area contributed by atoms with Gasteiger partial charge < -0.3 is 4.74 Å². The molecule has 1 heterocycles. The minimum absolute atomic E-state index is 0.135. The molecule has 0 saturated carbocycles. The predicted molar refractivity (Wildman–Crippen MR) is 81.9 cm³/mol. The van der Waals surface area contributed by atoms with Gasteiger partial charge in [0.15, 0.2) is 0 Å². The Morgan fingerprint density at radius 1 is 1.39 bits per heavy atom. The van der Waals surface area contributed by atoms with Gasteiger partial charge in [0.25, 0.3) is 0 Å². The van der Waals surface area contributed by atoms with Crippen molar-refractivity contribution in [1.82, 2.24) is 0 Å². The SMILES string of the molecule is CCCOc1cccc(C(Cl)c2sccc2Br)c1. The van der Waals surface area contributed by atoms with Crippen LogP contribution >= 0.6 is 38.9 Å². The lowest BCUT2D eigenvalue weighted by molar-refractivity contribution is 0.317. The van der Waals surface area contributed by atoms with E-state index < -0.39 is 0 Å². The predicted octanol–water partition coefficient (Wildman–Crippen LogP) is 5.63. The molecule has 2 rings (SSSR count). The molecule has 1 aromatic heterocycles. The third-order valence-corrected chi connectivity index (χ3v) is 5.03. The van der Waals surface area contributed by atoms with E-state index in [-0.39, 0.29) is 5.38 Å². The van der Waals surface area contributed by atoms with E-state index in [4.69, 9.17) is 16.3 Å². The molecule has 0 aliphatic rings. The van der Waals surface area contributed by atoms with Crippen LogP contribution in [0.4, 0.5) is 0 Å².